The number of carbonyl (C=O) groups is 3. The number of hydrogen-bond donors (Lipinski definition) is 0. The number of rotatable bonds is 7. The van der Waals surface area contributed by atoms with Gasteiger partial charge in [0.15, 0.2) is 6.61 Å². The fourth-order valence-electron chi connectivity index (χ4n) is 1.34. The van der Waals surface area contributed by atoms with Gasteiger partial charge in [-0.15, -0.1) is 0 Å². The average Bonchev–Trinajstić information content (AvgIpc) is 2.93. The summed E-state index contributed by atoms with van der Waals surface area (Å²) >= 11 is 0. The molecule has 1 aromatic rings. The van der Waals surface area contributed by atoms with Crippen LogP contribution in [0.2, 0.25) is 0 Å². The van der Waals surface area contributed by atoms with Crippen LogP contribution in [-0.2, 0) is 19.1 Å². The molecule has 8 nitrogen and oxygen atoms in total. The van der Waals surface area contributed by atoms with E-state index < -0.39 is 24.5 Å². The van der Waals surface area contributed by atoms with E-state index in [1.54, 1.807) is 6.92 Å². The number of likely N-dealkylation sites (N-methyl/N-ethyl adjacent to an activating group) is 1. The van der Waals surface area contributed by atoms with Crippen LogP contribution >= 0.6 is 0 Å². The van der Waals surface area contributed by atoms with Crippen LogP contribution in [0.5, 0.6) is 5.95 Å². The predicted octanol–water partition coefficient (Wildman–Crippen LogP) is 0.466. The highest BCUT2D eigenvalue weighted by Crippen LogP contribution is 2.15. The van der Waals surface area contributed by atoms with E-state index in [0.717, 1.165) is 4.90 Å². The zero-order valence-corrected chi connectivity index (χ0v) is 12.1. The van der Waals surface area contributed by atoms with Gasteiger partial charge < -0.3 is 23.5 Å². The fraction of sp³-hybridized carbons (Fsp3) is 0.462. The van der Waals surface area contributed by atoms with Crippen molar-refractivity contribution in [2.45, 2.75) is 6.92 Å². The van der Waals surface area contributed by atoms with Crippen molar-refractivity contribution in [3.63, 3.8) is 0 Å². The number of nitrogens with zero attached hydrogens (tertiary/aromatic N) is 1. The Morgan fingerprint density at radius 3 is 2.52 bits per heavy atom. The van der Waals surface area contributed by atoms with Gasteiger partial charge in [-0.25, -0.2) is 4.79 Å². The average molecular weight is 299 g/mol. The van der Waals surface area contributed by atoms with E-state index in [9.17, 15) is 14.4 Å². The van der Waals surface area contributed by atoms with E-state index in [1.165, 1.54) is 26.3 Å². The van der Waals surface area contributed by atoms with Gasteiger partial charge in [0.05, 0.1) is 13.7 Å². The maximum atomic E-state index is 11.7. The van der Waals surface area contributed by atoms with Crippen LogP contribution in [-0.4, -0.2) is 56.7 Å². The normalized spacial score (nSPS) is 9.86. The molecule has 0 radical (unpaired) electrons. The third-order valence-corrected chi connectivity index (χ3v) is 2.41. The molecule has 0 saturated carbocycles. The highest BCUT2D eigenvalue weighted by atomic mass is 16.6. The molecule has 0 spiro atoms. The first kappa shape index (κ1) is 16.5. The van der Waals surface area contributed by atoms with E-state index in [2.05, 4.69) is 0 Å². The molecule has 0 aliphatic rings. The third kappa shape index (κ3) is 5.17. The standard InChI is InChI=1S/C13H17NO7/c1-4-19-11(16)7-14(2)10(15)8-20-13(17)9-5-6-12(18-3)21-9/h5-6H,4,7-8H2,1-3H3. The molecule has 0 aromatic carbocycles. The van der Waals surface area contributed by atoms with Crippen LogP contribution < -0.4 is 4.74 Å². The minimum absolute atomic E-state index is 0.0762. The van der Waals surface area contributed by atoms with Crippen molar-refractivity contribution < 1.29 is 33.0 Å². The van der Waals surface area contributed by atoms with Crippen molar-refractivity contribution in [3.05, 3.63) is 17.9 Å². The molecule has 0 N–H and O–H groups in total. The van der Waals surface area contributed by atoms with Crippen LogP contribution in [0.4, 0.5) is 0 Å². The van der Waals surface area contributed by atoms with Gasteiger partial charge in [0.1, 0.15) is 6.54 Å². The lowest BCUT2D eigenvalue weighted by atomic mass is 10.4. The van der Waals surface area contributed by atoms with E-state index in [4.69, 9.17) is 18.6 Å². The number of methoxy groups -OCH3 is 1. The van der Waals surface area contributed by atoms with Crippen molar-refractivity contribution in [2.75, 3.05) is 33.9 Å². The summed E-state index contributed by atoms with van der Waals surface area (Å²) in [6.07, 6.45) is 0. The van der Waals surface area contributed by atoms with Gasteiger partial charge in [-0.3, -0.25) is 9.59 Å². The molecule has 1 amide bonds. The van der Waals surface area contributed by atoms with Crippen LogP contribution in [0.15, 0.2) is 16.5 Å². The number of ether oxygens (including phenoxy) is 3. The summed E-state index contributed by atoms with van der Waals surface area (Å²) in [6, 6.07) is 2.82. The van der Waals surface area contributed by atoms with Gasteiger partial charge in [0.2, 0.25) is 5.76 Å². The molecule has 0 aliphatic heterocycles. The zero-order chi connectivity index (χ0) is 15.8. The number of furan rings is 1. The topological polar surface area (TPSA) is 95.3 Å². The van der Waals surface area contributed by atoms with Crippen LogP contribution in [0.1, 0.15) is 17.5 Å². The van der Waals surface area contributed by atoms with Gasteiger partial charge in [0.25, 0.3) is 11.9 Å². The Hall–Kier alpha value is -2.51. The summed E-state index contributed by atoms with van der Waals surface area (Å²) in [5, 5.41) is 0. The first-order valence-corrected chi connectivity index (χ1v) is 6.18. The van der Waals surface area contributed by atoms with E-state index in [-0.39, 0.29) is 24.9 Å². The first-order chi connectivity index (χ1) is 9.97. The second-order valence-electron chi connectivity index (χ2n) is 3.95. The Kier molecular flexibility index (Phi) is 6.25. The van der Waals surface area contributed by atoms with Gasteiger partial charge in [0, 0.05) is 13.1 Å². The molecule has 21 heavy (non-hydrogen) atoms. The maximum Gasteiger partial charge on any atom is 0.374 e. The lowest BCUT2D eigenvalue weighted by Crippen LogP contribution is -2.36. The molecule has 1 rings (SSSR count). The highest BCUT2D eigenvalue weighted by Gasteiger charge is 2.18. The second kappa shape index (κ2) is 7.93. The van der Waals surface area contributed by atoms with Gasteiger partial charge in [-0.2, -0.15) is 0 Å². The third-order valence-electron chi connectivity index (χ3n) is 2.41. The minimum atomic E-state index is -0.795. The molecule has 0 fully saturated rings. The maximum absolute atomic E-state index is 11.7. The van der Waals surface area contributed by atoms with Gasteiger partial charge in [-0.1, -0.05) is 0 Å². The SMILES string of the molecule is CCOC(=O)CN(C)C(=O)COC(=O)c1ccc(OC)o1. The molecule has 1 aromatic heterocycles. The smallest absolute Gasteiger partial charge is 0.374 e. The zero-order valence-electron chi connectivity index (χ0n) is 12.1. The van der Waals surface area contributed by atoms with Gasteiger partial charge in [-0.05, 0) is 13.0 Å². The Bertz CT molecular complexity index is 508. The van der Waals surface area contributed by atoms with Crippen LogP contribution in [0, 0.1) is 0 Å². The molecule has 0 bridgehead atoms. The second-order valence-corrected chi connectivity index (χ2v) is 3.95. The lowest BCUT2D eigenvalue weighted by Gasteiger charge is -2.15. The lowest BCUT2D eigenvalue weighted by molar-refractivity contribution is -0.148. The fourth-order valence-corrected chi connectivity index (χ4v) is 1.34. The van der Waals surface area contributed by atoms with Crippen molar-refractivity contribution in [3.8, 4) is 5.95 Å². The predicted molar refractivity (Wildman–Crippen MR) is 69.8 cm³/mol. The Labute approximate surface area is 121 Å². The monoisotopic (exact) mass is 299 g/mol. The molecular weight excluding hydrogens is 282 g/mol. The number of hydrogen-bond acceptors (Lipinski definition) is 7. The van der Waals surface area contributed by atoms with Crippen LogP contribution in [0.3, 0.4) is 0 Å². The molecule has 0 unspecified atom stereocenters. The van der Waals surface area contributed by atoms with E-state index >= 15 is 0 Å². The summed E-state index contributed by atoms with van der Waals surface area (Å²) in [5.74, 6) is -1.78. The molecule has 116 valence electrons. The summed E-state index contributed by atoms with van der Waals surface area (Å²) in [7, 11) is 2.80. The number of esters is 2. The minimum Gasteiger partial charge on any atom is -0.468 e. The first-order valence-electron chi connectivity index (χ1n) is 6.18. The Balaban J connectivity index is 2.41. The summed E-state index contributed by atoms with van der Waals surface area (Å²) < 4.78 is 19.2. The molecule has 1 heterocycles. The van der Waals surface area contributed by atoms with Crippen molar-refractivity contribution in [1.82, 2.24) is 4.90 Å². The van der Waals surface area contributed by atoms with Crippen molar-refractivity contribution in [2.24, 2.45) is 0 Å². The van der Waals surface area contributed by atoms with Crippen molar-refractivity contribution >= 4 is 17.8 Å². The summed E-state index contributed by atoms with van der Waals surface area (Å²) in [5.41, 5.74) is 0. The van der Waals surface area contributed by atoms with Crippen LogP contribution in [0.25, 0.3) is 0 Å². The quantitative estimate of drug-likeness (QED) is 0.675. The summed E-state index contributed by atoms with van der Waals surface area (Å²) in [6.45, 7) is 1.19. The molecule has 0 atom stereocenters. The van der Waals surface area contributed by atoms with E-state index in [0.29, 0.717) is 0 Å². The van der Waals surface area contributed by atoms with E-state index in [1.807, 2.05) is 0 Å². The molecule has 8 heteroatoms. The molecule has 0 saturated heterocycles. The largest absolute Gasteiger partial charge is 0.468 e. The molecular formula is C13H17NO7. The van der Waals surface area contributed by atoms with Crippen molar-refractivity contribution in [1.29, 1.82) is 0 Å². The van der Waals surface area contributed by atoms with Gasteiger partial charge >= 0.3 is 11.9 Å². The number of carbonyl (C=O) groups excluding carboxylic acids is 3. The highest BCUT2D eigenvalue weighted by molar-refractivity contribution is 5.89. The Morgan fingerprint density at radius 1 is 1.24 bits per heavy atom. The molecule has 0 aliphatic carbocycles. The number of amides is 1. The summed E-state index contributed by atoms with van der Waals surface area (Å²) in [4.78, 5) is 35.6. The Morgan fingerprint density at radius 2 is 1.95 bits per heavy atom.